The molecule has 1 unspecified atom stereocenters. The molecule has 3 amide bonds. The van der Waals surface area contributed by atoms with Crippen LogP contribution < -0.4 is 14.4 Å². The number of carbonyl (C=O) groups is 3. The molecule has 0 aromatic heterocycles. The lowest BCUT2D eigenvalue weighted by Crippen LogP contribution is -2.50. The van der Waals surface area contributed by atoms with E-state index in [1.54, 1.807) is 11.9 Å². The minimum Gasteiger partial charge on any atom is -0.481 e. The number of ether oxygens (including phenoxy) is 2. The lowest BCUT2D eigenvalue weighted by Gasteiger charge is -2.35. The van der Waals surface area contributed by atoms with Crippen LogP contribution >= 0.6 is 0 Å². The summed E-state index contributed by atoms with van der Waals surface area (Å²) in [7, 11) is 8.23. The molecule has 3 aliphatic rings. The number of amides is 3. The third-order valence-electron chi connectivity index (χ3n) is 9.33. The van der Waals surface area contributed by atoms with Crippen LogP contribution in [0, 0.1) is 5.92 Å². The number of urea groups is 1. The van der Waals surface area contributed by atoms with Crippen LogP contribution in [0.15, 0.2) is 42.5 Å². The van der Waals surface area contributed by atoms with Crippen molar-refractivity contribution in [3.05, 3.63) is 53.6 Å². The van der Waals surface area contributed by atoms with E-state index < -0.39 is 17.9 Å². The SMILES string of the molecule is CCCCN(C(=O)CN1C[C@H](c2ccc3c(c2)OCO3)C(C(=O)O)[C@@H]1CCN1CCCN(C)C1=O)c1cccc(C[N+](C)(C)C)c1. The molecule has 5 rings (SSSR count). The van der Waals surface area contributed by atoms with Gasteiger partial charge in [-0.15, -0.1) is 0 Å². The van der Waals surface area contributed by atoms with E-state index in [0.29, 0.717) is 50.6 Å². The van der Waals surface area contributed by atoms with Gasteiger partial charge >= 0.3 is 12.0 Å². The van der Waals surface area contributed by atoms with Gasteiger partial charge in [-0.1, -0.05) is 31.5 Å². The predicted octanol–water partition coefficient (Wildman–Crippen LogP) is 4.07. The van der Waals surface area contributed by atoms with Crippen LogP contribution in [0.1, 0.15) is 49.7 Å². The average molecular weight is 637 g/mol. The number of carboxylic acids is 1. The lowest BCUT2D eigenvalue weighted by molar-refractivity contribution is -0.884. The minimum atomic E-state index is -0.902. The van der Waals surface area contributed by atoms with Crippen LogP contribution in [0.2, 0.25) is 0 Å². The topological polar surface area (TPSA) is 103 Å². The summed E-state index contributed by atoms with van der Waals surface area (Å²) >= 11 is 0. The second-order valence-corrected chi connectivity index (χ2v) is 13.9. The van der Waals surface area contributed by atoms with E-state index in [1.807, 2.05) is 45.0 Å². The molecular formula is C35H50N5O6+. The summed E-state index contributed by atoms with van der Waals surface area (Å²) in [6.45, 7) is 5.96. The number of carbonyl (C=O) groups excluding carboxylic acids is 2. The fourth-order valence-electron chi connectivity index (χ4n) is 7.10. The predicted molar refractivity (Wildman–Crippen MR) is 176 cm³/mol. The highest BCUT2D eigenvalue weighted by Crippen LogP contribution is 2.43. The van der Waals surface area contributed by atoms with E-state index in [2.05, 4.69) is 40.2 Å². The van der Waals surface area contributed by atoms with E-state index in [4.69, 9.17) is 9.47 Å². The summed E-state index contributed by atoms with van der Waals surface area (Å²) in [5, 5.41) is 10.7. The number of likely N-dealkylation sites (tertiary alicyclic amines) is 1. The largest absolute Gasteiger partial charge is 0.481 e. The van der Waals surface area contributed by atoms with Gasteiger partial charge in [0.2, 0.25) is 12.7 Å². The Morgan fingerprint density at radius 3 is 2.59 bits per heavy atom. The first-order chi connectivity index (χ1) is 21.9. The number of quaternary nitrogens is 1. The second-order valence-electron chi connectivity index (χ2n) is 13.9. The monoisotopic (exact) mass is 636 g/mol. The number of anilines is 1. The summed E-state index contributed by atoms with van der Waals surface area (Å²) in [6.07, 6.45) is 3.13. The molecule has 46 heavy (non-hydrogen) atoms. The molecule has 3 aliphatic heterocycles. The highest BCUT2D eigenvalue weighted by Gasteiger charge is 2.47. The number of benzene rings is 2. The Balaban J connectivity index is 1.43. The minimum absolute atomic E-state index is 0.0365. The molecule has 3 heterocycles. The molecule has 2 aromatic carbocycles. The molecule has 2 saturated heterocycles. The zero-order valence-electron chi connectivity index (χ0n) is 28.0. The van der Waals surface area contributed by atoms with Crippen molar-refractivity contribution in [1.82, 2.24) is 14.7 Å². The molecule has 3 atom stereocenters. The third kappa shape index (κ3) is 7.75. The van der Waals surface area contributed by atoms with E-state index >= 15 is 0 Å². The number of unbranched alkanes of at least 4 members (excludes halogenated alkanes) is 1. The number of carboxylic acid groups (broad SMARTS) is 1. The Labute approximate surface area is 272 Å². The number of hydrogen-bond acceptors (Lipinski definition) is 6. The maximum atomic E-state index is 14.2. The van der Waals surface area contributed by atoms with Crippen LogP contribution in [0.25, 0.3) is 0 Å². The van der Waals surface area contributed by atoms with Crippen molar-refractivity contribution in [3.63, 3.8) is 0 Å². The first-order valence-electron chi connectivity index (χ1n) is 16.5. The molecule has 250 valence electrons. The fraction of sp³-hybridized carbons (Fsp3) is 0.571. The lowest BCUT2D eigenvalue weighted by atomic mass is 9.84. The van der Waals surface area contributed by atoms with E-state index in [1.165, 1.54) is 0 Å². The van der Waals surface area contributed by atoms with Gasteiger partial charge in [0.25, 0.3) is 0 Å². The van der Waals surface area contributed by atoms with Gasteiger partial charge in [-0.3, -0.25) is 14.5 Å². The average Bonchev–Trinajstić information content (AvgIpc) is 3.61. The van der Waals surface area contributed by atoms with Crippen LogP contribution in [0.3, 0.4) is 0 Å². The highest BCUT2D eigenvalue weighted by atomic mass is 16.7. The van der Waals surface area contributed by atoms with E-state index in [9.17, 15) is 19.5 Å². The molecule has 0 spiro atoms. The van der Waals surface area contributed by atoms with Gasteiger partial charge in [0, 0.05) is 63.0 Å². The summed E-state index contributed by atoms with van der Waals surface area (Å²) in [5.74, 6) is -0.826. The van der Waals surface area contributed by atoms with E-state index in [-0.39, 0.29) is 31.2 Å². The van der Waals surface area contributed by atoms with Crippen molar-refractivity contribution in [2.45, 2.75) is 51.1 Å². The Morgan fingerprint density at radius 2 is 1.85 bits per heavy atom. The molecule has 11 heteroatoms. The second kappa shape index (κ2) is 14.3. The Morgan fingerprint density at radius 1 is 1.07 bits per heavy atom. The standard InChI is InChI=1S/C35H49N5O6/c1-6-7-17-39(27-11-8-10-25(19-27)23-40(3,4)5)32(41)22-38-21-28(26-12-13-30-31(20-26)46-24-45-30)33(34(42)43)29(38)14-18-37-16-9-15-36(2)35(37)44/h8,10-13,19-20,28-29,33H,6-7,9,14-18,21-24H2,1-5H3/p+1/t28-,29+,33?/m1/s1. The third-order valence-corrected chi connectivity index (χ3v) is 9.33. The van der Waals surface area contributed by atoms with Gasteiger partial charge in [-0.05, 0) is 49.1 Å². The maximum Gasteiger partial charge on any atom is 0.319 e. The Bertz CT molecular complexity index is 1410. The summed E-state index contributed by atoms with van der Waals surface area (Å²) in [5.41, 5.74) is 2.87. The molecule has 0 bridgehead atoms. The van der Waals surface area contributed by atoms with Gasteiger partial charge in [0.05, 0.1) is 33.6 Å². The van der Waals surface area contributed by atoms with Crippen molar-refractivity contribution in [2.24, 2.45) is 5.92 Å². The number of hydrogen-bond donors (Lipinski definition) is 1. The van der Waals surface area contributed by atoms with Gasteiger partial charge in [-0.2, -0.15) is 0 Å². The molecule has 0 radical (unpaired) electrons. The zero-order chi connectivity index (χ0) is 33.0. The molecule has 11 nitrogen and oxygen atoms in total. The zero-order valence-corrected chi connectivity index (χ0v) is 28.0. The smallest absolute Gasteiger partial charge is 0.319 e. The Kier molecular flexibility index (Phi) is 10.4. The quantitative estimate of drug-likeness (QED) is 0.331. The van der Waals surface area contributed by atoms with Crippen molar-refractivity contribution in [2.75, 3.05) is 79.2 Å². The van der Waals surface area contributed by atoms with Crippen molar-refractivity contribution >= 4 is 23.6 Å². The van der Waals surface area contributed by atoms with Crippen LogP contribution in [0.4, 0.5) is 10.5 Å². The van der Waals surface area contributed by atoms with Gasteiger partial charge < -0.3 is 33.8 Å². The van der Waals surface area contributed by atoms with Crippen LogP contribution in [-0.4, -0.2) is 122 Å². The molecule has 2 fully saturated rings. The molecule has 0 aliphatic carbocycles. The Hall–Kier alpha value is -3.83. The summed E-state index contributed by atoms with van der Waals surface area (Å²) in [4.78, 5) is 47.6. The first kappa shape index (κ1) is 33.5. The molecule has 1 N–H and O–H groups in total. The van der Waals surface area contributed by atoms with Crippen LogP contribution in [-0.2, 0) is 16.1 Å². The van der Waals surface area contributed by atoms with E-state index in [0.717, 1.165) is 47.1 Å². The number of nitrogens with zero attached hydrogens (tertiary/aromatic N) is 5. The molecule has 0 saturated carbocycles. The molecular weight excluding hydrogens is 586 g/mol. The summed E-state index contributed by atoms with van der Waals surface area (Å²) < 4.78 is 11.9. The first-order valence-corrected chi connectivity index (χ1v) is 16.5. The van der Waals surface area contributed by atoms with Crippen molar-refractivity contribution in [1.29, 1.82) is 0 Å². The summed E-state index contributed by atoms with van der Waals surface area (Å²) in [6, 6.07) is 13.3. The molecule has 2 aromatic rings. The van der Waals surface area contributed by atoms with Gasteiger partial charge in [-0.25, -0.2) is 4.79 Å². The number of aliphatic carboxylic acids is 1. The van der Waals surface area contributed by atoms with Gasteiger partial charge in [0.15, 0.2) is 11.5 Å². The van der Waals surface area contributed by atoms with Crippen molar-refractivity contribution in [3.8, 4) is 11.5 Å². The fourth-order valence-corrected chi connectivity index (χ4v) is 7.10. The number of fused-ring (bicyclic) bond motifs is 1. The van der Waals surface area contributed by atoms with Gasteiger partial charge in [0.1, 0.15) is 6.54 Å². The van der Waals surface area contributed by atoms with Crippen molar-refractivity contribution < 1.29 is 33.4 Å². The maximum absolute atomic E-state index is 14.2. The normalized spacial score (nSPS) is 21.6. The highest BCUT2D eigenvalue weighted by molar-refractivity contribution is 5.95. The van der Waals surface area contributed by atoms with Crippen LogP contribution in [0.5, 0.6) is 11.5 Å². The number of rotatable bonds is 13.